The molecule has 0 spiro atoms. The van der Waals surface area contributed by atoms with Crippen LogP contribution in [0.4, 0.5) is 34.9 Å². The molecule has 19 heteroatoms. The van der Waals surface area contributed by atoms with E-state index in [1.165, 1.54) is 11.8 Å². The van der Waals surface area contributed by atoms with Crippen LogP contribution in [-0.4, -0.2) is 98.5 Å². The van der Waals surface area contributed by atoms with E-state index in [1.807, 2.05) is 11.8 Å². The Labute approximate surface area is 292 Å². The van der Waals surface area contributed by atoms with E-state index >= 15 is 0 Å². The fourth-order valence-electron chi connectivity index (χ4n) is 6.83. The van der Waals surface area contributed by atoms with Crippen LogP contribution in [0.2, 0.25) is 5.02 Å². The normalized spacial score (nSPS) is 19.5. The number of anilines is 3. The number of rotatable bonds is 5. The number of pyridine rings is 1. The number of piperazine rings is 1. The van der Waals surface area contributed by atoms with Crippen molar-refractivity contribution < 1.29 is 37.0 Å². The standard InChI is InChI=1S/C32H32ClF4N9O5/c1-16-13-22(27(48)39-21-4-3-18(15-19(21)33)32(35,36)37)45-24(16)25(29(50)46-31(45)40-30(41-46)44-9-11-51-12-10-44)42-5-7-43(8-6-42)28(49)23-26(47)20(34)14-17(2)38-23/h3-4,14-16,22,47H,5-13H2,1-2H3,(H,39,48)/t16-,22-/m1/s1. The van der Waals surface area contributed by atoms with E-state index in [4.69, 9.17) is 21.3 Å². The lowest BCUT2D eigenvalue weighted by molar-refractivity contribution is -0.137. The number of aromatic hydroxyl groups is 1. The second-order valence-electron chi connectivity index (χ2n) is 12.7. The van der Waals surface area contributed by atoms with Gasteiger partial charge in [-0.1, -0.05) is 18.5 Å². The van der Waals surface area contributed by atoms with Crippen molar-refractivity contribution in [1.82, 2.24) is 29.0 Å². The number of carbonyl (C=O) groups is 2. The summed E-state index contributed by atoms with van der Waals surface area (Å²) in [6.45, 7) is 5.71. The van der Waals surface area contributed by atoms with E-state index in [1.54, 1.807) is 9.47 Å². The number of morpholine rings is 1. The first-order valence-corrected chi connectivity index (χ1v) is 16.6. The molecule has 14 nitrogen and oxygen atoms in total. The maximum absolute atomic E-state index is 14.3. The second-order valence-corrected chi connectivity index (χ2v) is 13.1. The van der Waals surface area contributed by atoms with Gasteiger partial charge < -0.3 is 29.9 Å². The Hall–Kier alpha value is -4.97. The summed E-state index contributed by atoms with van der Waals surface area (Å²) in [6.07, 6.45) is -4.40. The molecule has 3 aliphatic heterocycles. The quantitative estimate of drug-likeness (QED) is 0.292. The molecule has 0 bridgehead atoms. The third-order valence-corrected chi connectivity index (χ3v) is 9.67. The summed E-state index contributed by atoms with van der Waals surface area (Å²) < 4.78 is 62.2. The number of alkyl halides is 3. The van der Waals surface area contributed by atoms with Crippen molar-refractivity contribution in [3.63, 3.8) is 0 Å². The van der Waals surface area contributed by atoms with Crippen LogP contribution in [0.1, 0.15) is 52.7 Å². The molecule has 2 amide bonds. The Morgan fingerprint density at radius 1 is 1.04 bits per heavy atom. The topological polar surface area (TPSA) is 150 Å². The molecule has 0 radical (unpaired) electrons. The maximum atomic E-state index is 14.3. The molecule has 4 aromatic rings. The van der Waals surface area contributed by atoms with Crippen LogP contribution in [0.5, 0.6) is 5.75 Å². The summed E-state index contributed by atoms with van der Waals surface area (Å²) >= 11 is 6.17. The molecule has 3 aliphatic rings. The zero-order valence-corrected chi connectivity index (χ0v) is 28.1. The number of benzene rings is 1. The zero-order valence-electron chi connectivity index (χ0n) is 27.4. The Kier molecular flexibility index (Phi) is 8.77. The van der Waals surface area contributed by atoms with Crippen molar-refractivity contribution in [2.75, 3.05) is 67.6 Å². The average molecular weight is 734 g/mol. The minimum absolute atomic E-state index is 0.0154. The smallest absolute Gasteiger partial charge is 0.416 e. The molecule has 0 saturated carbocycles. The van der Waals surface area contributed by atoms with Gasteiger partial charge in [0.05, 0.1) is 35.2 Å². The van der Waals surface area contributed by atoms with Crippen molar-refractivity contribution in [3.05, 3.63) is 68.1 Å². The summed E-state index contributed by atoms with van der Waals surface area (Å²) in [5, 5.41) is 17.1. The van der Waals surface area contributed by atoms with Gasteiger partial charge in [0.25, 0.3) is 11.5 Å². The second kappa shape index (κ2) is 13.0. The largest absolute Gasteiger partial charge is 0.503 e. The van der Waals surface area contributed by atoms with E-state index in [0.717, 1.165) is 28.8 Å². The zero-order chi connectivity index (χ0) is 36.4. The molecular formula is C32H32ClF4N9O5. The summed E-state index contributed by atoms with van der Waals surface area (Å²) in [7, 11) is 0. The Bertz CT molecular complexity index is 2110. The highest BCUT2D eigenvalue weighted by atomic mass is 35.5. The maximum Gasteiger partial charge on any atom is 0.416 e. The van der Waals surface area contributed by atoms with Crippen molar-refractivity contribution in [3.8, 4) is 5.75 Å². The lowest BCUT2D eigenvalue weighted by Gasteiger charge is -2.36. The number of halogens is 5. The van der Waals surface area contributed by atoms with Crippen molar-refractivity contribution in [2.45, 2.75) is 38.4 Å². The first kappa shape index (κ1) is 34.5. The lowest BCUT2D eigenvalue weighted by atomic mass is 10.0. The monoisotopic (exact) mass is 733 g/mol. The molecule has 2 fully saturated rings. The number of fused-ring (bicyclic) bond motifs is 3. The molecule has 3 aromatic heterocycles. The number of ether oxygens (including phenoxy) is 1. The van der Waals surface area contributed by atoms with Crippen LogP contribution in [0.15, 0.2) is 29.1 Å². The van der Waals surface area contributed by atoms with Crippen LogP contribution >= 0.6 is 11.6 Å². The number of aryl methyl sites for hydroxylation is 1. The first-order valence-electron chi connectivity index (χ1n) is 16.2. The summed E-state index contributed by atoms with van der Waals surface area (Å²) in [4.78, 5) is 55.3. The molecule has 6 heterocycles. The summed E-state index contributed by atoms with van der Waals surface area (Å²) in [5.74, 6) is -3.03. The van der Waals surface area contributed by atoms with Crippen molar-refractivity contribution in [2.24, 2.45) is 0 Å². The average Bonchev–Trinajstić information content (AvgIpc) is 3.69. The van der Waals surface area contributed by atoms with Crippen LogP contribution in [0.25, 0.3) is 5.78 Å². The molecule has 0 aliphatic carbocycles. The number of hydrogen-bond donors (Lipinski definition) is 2. The highest BCUT2D eigenvalue weighted by Crippen LogP contribution is 2.42. The van der Waals surface area contributed by atoms with E-state index in [9.17, 15) is 37.1 Å². The van der Waals surface area contributed by atoms with Gasteiger partial charge in [0, 0.05) is 50.9 Å². The molecule has 51 heavy (non-hydrogen) atoms. The molecule has 270 valence electrons. The van der Waals surface area contributed by atoms with E-state index in [-0.39, 0.29) is 72.3 Å². The minimum atomic E-state index is -4.62. The van der Waals surface area contributed by atoms with Gasteiger partial charge in [-0.05, 0) is 37.6 Å². The van der Waals surface area contributed by atoms with Crippen LogP contribution < -0.4 is 20.7 Å². The fraction of sp³-hybridized carbons (Fsp3) is 0.438. The van der Waals surface area contributed by atoms with Gasteiger partial charge in [-0.25, -0.2) is 9.37 Å². The van der Waals surface area contributed by atoms with Gasteiger partial charge in [0.15, 0.2) is 17.3 Å². The van der Waals surface area contributed by atoms with Crippen LogP contribution in [-0.2, 0) is 15.7 Å². The predicted octanol–water partition coefficient (Wildman–Crippen LogP) is 3.60. The van der Waals surface area contributed by atoms with Crippen LogP contribution in [0.3, 0.4) is 0 Å². The molecule has 2 N–H and O–H groups in total. The van der Waals surface area contributed by atoms with Gasteiger partial charge >= 0.3 is 6.18 Å². The Balaban J connectivity index is 1.25. The Morgan fingerprint density at radius 2 is 1.75 bits per heavy atom. The number of nitrogens with zero attached hydrogens (tertiary/aromatic N) is 8. The SMILES string of the molecule is Cc1cc(F)c(O)c(C(=O)N2CCN(c3c4n(c5nc(N6CCOCC6)nn5c3=O)[C@@H](C(=O)Nc3ccc(C(F)(F)F)cc3Cl)C[C@H]4C)CC2)n1. The van der Waals surface area contributed by atoms with Gasteiger partial charge in [0.1, 0.15) is 11.7 Å². The predicted molar refractivity (Wildman–Crippen MR) is 176 cm³/mol. The van der Waals surface area contributed by atoms with Crippen molar-refractivity contribution >= 4 is 46.5 Å². The number of amides is 2. The highest BCUT2D eigenvalue weighted by molar-refractivity contribution is 6.33. The molecule has 0 unspecified atom stereocenters. The first-order chi connectivity index (χ1) is 24.2. The van der Waals surface area contributed by atoms with E-state index in [2.05, 4.69) is 15.4 Å². The van der Waals surface area contributed by atoms with Gasteiger partial charge in [-0.3, -0.25) is 19.0 Å². The number of carbonyl (C=O) groups excluding carboxylic acids is 2. The van der Waals surface area contributed by atoms with E-state index < -0.39 is 52.4 Å². The minimum Gasteiger partial charge on any atom is -0.503 e. The molecule has 7 rings (SSSR count). The Morgan fingerprint density at radius 3 is 2.41 bits per heavy atom. The summed E-state index contributed by atoms with van der Waals surface area (Å²) in [5.41, 5.74) is -0.883. The van der Waals surface area contributed by atoms with Crippen LogP contribution in [0, 0.1) is 12.7 Å². The number of nitrogens with one attached hydrogen (secondary N) is 1. The highest BCUT2D eigenvalue weighted by Gasteiger charge is 2.41. The summed E-state index contributed by atoms with van der Waals surface area (Å²) in [6, 6.07) is 2.72. The van der Waals surface area contributed by atoms with Crippen molar-refractivity contribution in [1.29, 1.82) is 0 Å². The van der Waals surface area contributed by atoms with Gasteiger partial charge in [0.2, 0.25) is 17.6 Å². The number of aromatic nitrogens is 5. The molecule has 2 atom stereocenters. The van der Waals surface area contributed by atoms with E-state index in [0.29, 0.717) is 32.0 Å². The van der Waals surface area contributed by atoms with Gasteiger partial charge in [-0.15, -0.1) is 5.10 Å². The number of hydrogen-bond acceptors (Lipinski definition) is 10. The molecule has 2 saturated heterocycles. The molecular weight excluding hydrogens is 702 g/mol. The fourth-order valence-corrected chi connectivity index (χ4v) is 7.06. The third kappa shape index (κ3) is 6.19. The van der Waals surface area contributed by atoms with Gasteiger partial charge in [-0.2, -0.15) is 22.7 Å². The lowest BCUT2D eigenvalue weighted by Crippen LogP contribution is -2.51. The molecule has 1 aromatic carbocycles. The third-order valence-electron chi connectivity index (χ3n) is 9.36.